The number of fused-ring (bicyclic) bond motifs is 2. The van der Waals surface area contributed by atoms with Crippen LogP contribution in [-0.2, 0) is 17.6 Å². The van der Waals surface area contributed by atoms with Crippen molar-refractivity contribution in [3.63, 3.8) is 0 Å². The van der Waals surface area contributed by atoms with Gasteiger partial charge >= 0.3 is 0 Å². The van der Waals surface area contributed by atoms with Gasteiger partial charge in [-0.25, -0.2) is 9.97 Å². The van der Waals surface area contributed by atoms with E-state index < -0.39 is 0 Å². The van der Waals surface area contributed by atoms with Crippen molar-refractivity contribution in [2.75, 3.05) is 36.0 Å². The largest absolute Gasteiger partial charge is 0.356 e. The van der Waals surface area contributed by atoms with Crippen molar-refractivity contribution >= 4 is 39.4 Å². The highest BCUT2D eigenvalue weighted by Crippen LogP contribution is 2.26. The van der Waals surface area contributed by atoms with Crippen LogP contribution in [0.2, 0.25) is 0 Å². The van der Waals surface area contributed by atoms with Crippen molar-refractivity contribution in [1.29, 1.82) is 0 Å². The lowest BCUT2D eigenvalue weighted by Crippen LogP contribution is -2.47. The summed E-state index contributed by atoms with van der Waals surface area (Å²) in [5.74, 6) is 1.88. The molecule has 0 saturated carbocycles. The summed E-state index contributed by atoms with van der Waals surface area (Å²) in [7, 11) is 0. The van der Waals surface area contributed by atoms with E-state index in [9.17, 15) is 4.79 Å². The molecule has 9 heteroatoms. The van der Waals surface area contributed by atoms with Gasteiger partial charge in [-0.05, 0) is 41.0 Å². The van der Waals surface area contributed by atoms with Gasteiger partial charge in [0.15, 0.2) is 5.58 Å². The molecule has 6 aromatic rings. The molecule has 202 valence electrons. The number of ketones is 1. The first-order valence-electron chi connectivity index (χ1n) is 13.7. The number of benzene rings is 3. The van der Waals surface area contributed by atoms with E-state index in [-0.39, 0.29) is 12.2 Å². The molecule has 0 radical (unpaired) electrons. The van der Waals surface area contributed by atoms with Crippen LogP contribution >= 0.6 is 0 Å². The third kappa shape index (κ3) is 5.21. The Bertz CT molecular complexity index is 1830. The number of nitrogens with zero attached hydrogens (tertiary/aromatic N) is 7. The number of piperazine rings is 1. The zero-order valence-corrected chi connectivity index (χ0v) is 22.3. The van der Waals surface area contributed by atoms with Gasteiger partial charge in [0.2, 0.25) is 0 Å². The summed E-state index contributed by atoms with van der Waals surface area (Å²) in [4.78, 5) is 35.5. The van der Waals surface area contributed by atoms with Gasteiger partial charge in [0, 0.05) is 50.4 Å². The number of rotatable bonds is 7. The summed E-state index contributed by atoms with van der Waals surface area (Å²) >= 11 is 0. The minimum Gasteiger partial charge on any atom is -0.356 e. The highest BCUT2D eigenvalue weighted by molar-refractivity contribution is 5.88. The zero-order chi connectivity index (χ0) is 27.6. The molecule has 41 heavy (non-hydrogen) atoms. The third-order valence-electron chi connectivity index (χ3n) is 7.51. The quantitative estimate of drug-likeness (QED) is 0.279. The van der Waals surface area contributed by atoms with Crippen LogP contribution in [0.15, 0.2) is 96.0 Å². The topological polar surface area (TPSA) is 101 Å². The number of carbonyl (C=O) groups excluding carboxylic acids is 1. The predicted octanol–water partition coefficient (Wildman–Crippen LogP) is 4.91. The summed E-state index contributed by atoms with van der Waals surface area (Å²) < 4.78 is 5.34. The van der Waals surface area contributed by atoms with E-state index in [1.807, 2.05) is 48.7 Å². The number of hydrogen-bond acceptors (Lipinski definition) is 9. The monoisotopic (exact) mass is 541 g/mol. The molecule has 1 fully saturated rings. The molecule has 3 aromatic heterocycles. The van der Waals surface area contributed by atoms with E-state index in [0.717, 1.165) is 70.9 Å². The summed E-state index contributed by atoms with van der Waals surface area (Å²) in [6, 6.07) is 21.9. The van der Waals surface area contributed by atoms with Gasteiger partial charge < -0.3 is 14.3 Å². The Morgan fingerprint density at radius 1 is 0.756 bits per heavy atom. The van der Waals surface area contributed by atoms with Crippen LogP contribution in [0.3, 0.4) is 0 Å². The lowest BCUT2D eigenvalue weighted by molar-refractivity contribution is -0.117. The molecule has 0 spiro atoms. The SMILES string of the molecule is O=C(Cc1ccc(-c2ccc3ncc(N4CCN(c5cnccn5)CC4)nc3c2)cc1)Cc1noc2ccccc12. The van der Waals surface area contributed by atoms with Crippen molar-refractivity contribution in [3.8, 4) is 11.1 Å². The molecule has 4 heterocycles. The molecule has 0 unspecified atom stereocenters. The fourth-order valence-electron chi connectivity index (χ4n) is 5.31. The number of hydrogen-bond donors (Lipinski definition) is 0. The van der Waals surface area contributed by atoms with Crippen molar-refractivity contribution in [2.45, 2.75) is 12.8 Å². The first-order valence-corrected chi connectivity index (χ1v) is 13.7. The summed E-state index contributed by atoms with van der Waals surface area (Å²) in [6.07, 6.45) is 7.67. The highest BCUT2D eigenvalue weighted by atomic mass is 16.5. The number of carbonyl (C=O) groups is 1. The Kier molecular flexibility index (Phi) is 6.52. The summed E-state index contributed by atoms with van der Waals surface area (Å²) in [5.41, 5.74) is 6.20. The number of anilines is 2. The maximum Gasteiger partial charge on any atom is 0.167 e. The lowest BCUT2D eigenvalue weighted by Gasteiger charge is -2.35. The van der Waals surface area contributed by atoms with Crippen molar-refractivity contribution < 1.29 is 9.32 Å². The minimum absolute atomic E-state index is 0.0999. The minimum atomic E-state index is 0.0999. The Balaban J connectivity index is 1.03. The summed E-state index contributed by atoms with van der Waals surface area (Å²) in [6.45, 7) is 3.37. The second kappa shape index (κ2) is 10.8. The van der Waals surface area contributed by atoms with Crippen LogP contribution in [0.25, 0.3) is 33.1 Å². The number of aromatic nitrogens is 5. The van der Waals surface area contributed by atoms with E-state index in [4.69, 9.17) is 9.51 Å². The smallest absolute Gasteiger partial charge is 0.167 e. The average molecular weight is 542 g/mol. The molecule has 0 bridgehead atoms. The Hall–Kier alpha value is -5.18. The van der Waals surface area contributed by atoms with E-state index in [1.165, 1.54) is 0 Å². The van der Waals surface area contributed by atoms with Gasteiger partial charge in [0.25, 0.3) is 0 Å². The molecule has 3 aromatic carbocycles. The molecule has 1 aliphatic rings. The second-order valence-electron chi connectivity index (χ2n) is 10.2. The Morgan fingerprint density at radius 2 is 1.54 bits per heavy atom. The van der Waals surface area contributed by atoms with Gasteiger partial charge in [0.1, 0.15) is 17.4 Å². The Morgan fingerprint density at radius 3 is 2.34 bits per heavy atom. The number of Topliss-reactive ketones (excluding diaryl/α,β-unsaturated/α-hetero) is 1. The van der Waals surface area contributed by atoms with Crippen LogP contribution < -0.4 is 9.80 Å². The van der Waals surface area contributed by atoms with Gasteiger partial charge in [-0.2, -0.15) is 0 Å². The fraction of sp³-hybridized carbons (Fsp3) is 0.188. The lowest BCUT2D eigenvalue weighted by atomic mass is 10.00. The van der Waals surface area contributed by atoms with E-state index in [1.54, 1.807) is 18.6 Å². The normalized spacial score (nSPS) is 13.7. The number of para-hydroxylation sites is 1. The molecule has 9 nitrogen and oxygen atoms in total. The molecular weight excluding hydrogens is 514 g/mol. The fourth-order valence-corrected chi connectivity index (χ4v) is 5.31. The molecule has 0 N–H and O–H groups in total. The van der Waals surface area contributed by atoms with Gasteiger partial charge in [-0.1, -0.05) is 47.6 Å². The average Bonchev–Trinajstić information content (AvgIpc) is 3.44. The van der Waals surface area contributed by atoms with Gasteiger partial charge in [0.05, 0.1) is 35.5 Å². The molecular formula is C32H27N7O2. The maximum atomic E-state index is 12.8. The van der Waals surface area contributed by atoms with Crippen LogP contribution in [0, 0.1) is 0 Å². The van der Waals surface area contributed by atoms with Crippen molar-refractivity contribution in [2.24, 2.45) is 0 Å². The maximum absolute atomic E-state index is 12.8. The van der Waals surface area contributed by atoms with Crippen molar-refractivity contribution in [3.05, 3.63) is 103 Å². The van der Waals surface area contributed by atoms with Gasteiger partial charge in [-0.15, -0.1) is 0 Å². The van der Waals surface area contributed by atoms with E-state index in [2.05, 4.69) is 54.2 Å². The molecule has 7 rings (SSSR count). The highest BCUT2D eigenvalue weighted by Gasteiger charge is 2.20. The molecule has 0 aliphatic carbocycles. The zero-order valence-electron chi connectivity index (χ0n) is 22.3. The first kappa shape index (κ1) is 24.8. The molecule has 1 aliphatic heterocycles. The summed E-state index contributed by atoms with van der Waals surface area (Å²) in [5, 5.41) is 4.98. The van der Waals surface area contributed by atoms with Crippen LogP contribution in [0.4, 0.5) is 11.6 Å². The Labute approximate surface area is 236 Å². The molecule has 1 saturated heterocycles. The standard InChI is InChI=1S/C32H27N7O2/c40-25(19-28-26-3-1-2-4-30(26)41-37-28)17-22-5-7-23(8-6-22)24-9-10-27-29(18-24)36-32(21-35-27)39-15-13-38(14-16-39)31-20-33-11-12-34-31/h1-12,18,20-21H,13-17,19H2. The first-order chi connectivity index (χ1) is 20.2. The van der Waals surface area contributed by atoms with E-state index in [0.29, 0.717) is 17.7 Å². The second-order valence-corrected chi connectivity index (χ2v) is 10.2. The van der Waals surface area contributed by atoms with Crippen LogP contribution in [0.5, 0.6) is 0 Å². The van der Waals surface area contributed by atoms with Gasteiger partial charge in [-0.3, -0.25) is 14.8 Å². The molecule has 0 atom stereocenters. The third-order valence-corrected chi connectivity index (χ3v) is 7.51. The predicted molar refractivity (Wildman–Crippen MR) is 158 cm³/mol. The molecule has 0 amide bonds. The van der Waals surface area contributed by atoms with Crippen LogP contribution in [-0.4, -0.2) is 57.1 Å². The van der Waals surface area contributed by atoms with Crippen LogP contribution in [0.1, 0.15) is 11.3 Å². The van der Waals surface area contributed by atoms with Crippen molar-refractivity contribution in [1.82, 2.24) is 25.1 Å². The van der Waals surface area contributed by atoms with E-state index >= 15 is 0 Å².